The first kappa shape index (κ1) is 15.8. The lowest BCUT2D eigenvalue weighted by atomic mass is 10.3. The van der Waals surface area contributed by atoms with E-state index in [2.05, 4.69) is 9.98 Å². The fourth-order valence-corrected chi connectivity index (χ4v) is 4.75. The summed E-state index contributed by atoms with van der Waals surface area (Å²) in [5, 5.41) is 1.31. The number of benzene rings is 2. The molecule has 0 spiro atoms. The van der Waals surface area contributed by atoms with Gasteiger partial charge < -0.3 is 4.57 Å². The Morgan fingerprint density at radius 1 is 1.12 bits per heavy atom. The zero-order valence-corrected chi connectivity index (χ0v) is 15.4. The fourth-order valence-electron chi connectivity index (χ4n) is 2.38. The molecule has 0 unspecified atom stereocenters. The van der Waals surface area contributed by atoms with Crippen LogP contribution in [0.4, 0.5) is 0 Å². The van der Waals surface area contributed by atoms with Gasteiger partial charge in [-0.15, -0.1) is 11.3 Å². The van der Waals surface area contributed by atoms with Crippen LogP contribution in [0.25, 0.3) is 20.4 Å². The number of carbonyl (C=O) groups is 1. The van der Waals surface area contributed by atoms with E-state index in [0.29, 0.717) is 19.9 Å². The van der Waals surface area contributed by atoms with E-state index in [1.165, 1.54) is 22.7 Å². The summed E-state index contributed by atoms with van der Waals surface area (Å²) >= 11 is 15.1. The van der Waals surface area contributed by atoms with Gasteiger partial charge in [0.2, 0.25) is 0 Å². The van der Waals surface area contributed by atoms with Crippen LogP contribution in [0.15, 0.2) is 41.4 Å². The van der Waals surface area contributed by atoms with Gasteiger partial charge in [0.05, 0.1) is 30.5 Å². The first-order chi connectivity index (χ1) is 11.5. The Kier molecular flexibility index (Phi) is 3.92. The lowest BCUT2D eigenvalue weighted by molar-refractivity contribution is 0.0998. The summed E-state index contributed by atoms with van der Waals surface area (Å²) in [6.07, 6.45) is 0. The molecule has 1 amide bonds. The Morgan fingerprint density at radius 2 is 1.92 bits per heavy atom. The van der Waals surface area contributed by atoms with Crippen LogP contribution in [0.5, 0.6) is 0 Å². The second kappa shape index (κ2) is 5.97. The number of aromatic nitrogens is 2. The quantitative estimate of drug-likeness (QED) is 0.461. The molecule has 2 aromatic heterocycles. The largest absolute Gasteiger partial charge is 0.318 e. The molecule has 0 atom stereocenters. The SMILES string of the molecule is Cn1c(=NC(=O)c2nc3ccccc3s2)sc2ccc(Cl)c(Cl)c21. The minimum atomic E-state index is -0.361. The van der Waals surface area contributed by atoms with Crippen molar-refractivity contribution in [1.82, 2.24) is 9.55 Å². The van der Waals surface area contributed by atoms with E-state index in [1.807, 2.05) is 37.4 Å². The van der Waals surface area contributed by atoms with Crippen molar-refractivity contribution in [3.63, 3.8) is 0 Å². The summed E-state index contributed by atoms with van der Waals surface area (Å²) in [5.74, 6) is -0.361. The normalized spacial score (nSPS) is 12.4. The molecule has 4 aromatic rings. The van der Waals surface area contributed by atoms with Gasteiger partial charge in [-0.05, 0) is 24.3 Å². The number of hydrogen-bond donors (Lipinski definition) is 0. The number of para-hydroxylation sites is 1. The molecular weight excluding hydrogens is 385 g/mol. The number of hydrogen-bond acceptors (Lipinski definition) is 4. The smallest absolute Gasteiger partial charge is 0.308 e. The van der Waals surface area contributed by atoms with Gasteiger partial charge in [-0.3, -0.25) is 4.79 Å². The molecule has 0 radical (unpaired) electrons. The van der Waals surface area contributed by atoms with E-state index in [9.17, 15) is 4.79 Å². The molecular formula is C16H9Cl2N3OS2. The van der Waals surface area contributed by atoms with Crippen LogP contribution < -0.4 is 4.80 Å². The Bertz CT molecular complexity index is 1140. The van der Waals surface area contributed by atoms with Crippen molar-refractivity contribution < 1.29 is 4.79 Å². The lowest BCUT2D eigenvalue weighted by Gasteiger charge is -1.99. The number of nitrogens with zero attached hydrogens (tertiary/aromatic N) is 3. The highest BCUT2D eigenvalue weighted by Gasteiger charge is 2.14. The van der Waals surface area contributed by atoms with Crippen LogP contribution >= 0.6 is 45.9 Å². The Labute approximate surface area is 154 Å². The summed E-state index contributed by atoms with van der Waals surface area (Å²) in [6, 6.07) is 11.2. The van der Waals surface area contributed by atoms with Gasteiger partial charge in [0, 0.05) is 7.05 Å². The first-order valence-electron chi connectivity index (χ1n) is 6.93. The molecule has 0 aliphatic carbocycles. The monoisotopic (exact) mass is 393 g/mol. The van der Waals surface area contributed by atoms with E-state index in [1.54, 1.807) is 10.6 Å². The third-order valence-electron chi connectivity index (χ3n) is 3.53. The zero-order valence-electron chi connectivity index (χ0n) is 12.3. The Hall–Kier alpha value is -1.73. The van der Waals surface area contributed by atoms with Crippen molar-refractivity contribution in [3.8, 4) is 0 Å². The summed E-state index contributed by atoms with van der Waals surface area (Å²) in [7, 11) is 1.81. The maximum absolute atomic E-state index is 12.5. The van der Waals surface area contributed by atoms with Gasteiger partial charge in [-0.1, -0.05) is 46.7 Å². The molecule has 4 nitrogen and oxygen atoms in total. The van der Waals surface area contributed by atoms with Crippen molar-refractivity contribution >= 4 is 72.2 Å². The molecule has 2 aromatic carbocycles. The third kappa shape index (κ3) is 2.56. The topological polar surface area (TPSA) is 47.2 Å². The number of halogens is 2. The van der Waals surface area contributed by atoms with Crippen molar-refractivity contribution in [3.05, 3.63) is 56.3 Å². The van der Waals surface area contributed by atoms with Crippen molar-refractivity contribution in [2.75, 3.05) is 0 Å². The zero-order chi connectivity index (χ0) is 16.8. The molecule has 0 saturated carbocycles. The average molecular weight is 394 g/mol. The summed E-state index contributed by atoms with van der Waals surface area (Å²) in [6.45, 7) is 0. The second-order valence-corrected chi connectivity index (χ2v) is 7.88. The number of carbonyl (C=O) groups excluding carboxylic acids is 1. The Morgan fingerprint density at radius 3 is 2.71 bits per heavy atom. The molecule has 24 heavy (non-hydrogen) atoms. The maximum Gasteiger partial charge on any atom is 0.308 e. The van der Waals surface area contributed by atoms with Crippen LogP contribution in [-0.4, -0.2) is 15.5 Å². The van der Waals surface area contributed by atoms with Crippen LogP contribution in [0.3, 0.4) is 0 Å². The summed E-state index contributed by atoms with van der Waals surface area (Å²) < 4.78 is 3.66. The van der Waals surface area contributed by atoms with Crippen molar-refractivity contribution in [2.45, 2.75) is 0 Å². The number of thiazole rings is 2. The molecule has 2 heterocycles. The molecule has 0 aliphatic heterocycles. The number of fused-ring (bicyclic) bond motifs is 2. The van der Waals surface area contributed by atoms with Gasteiger partial charge in [-0.2, -0.15) is 4.99 Å². The molecule has 8 heteroatoms. The highest BCUT2D eigenvalue weighted by atomic mass is 35.5. The van der Waals surface area contributed by atoms with E-state index >= 15 is 0 Å². The van der Waals surface area contributed by atoms with Gasteiger partial charge in [0.25, 0.3) is 0 Å². The summed E-state index contributed by atoms with van der Waals surface area (Å²) in [4.78, 5) is 21.6. The minimum Gasteiger partial charge on any atom is -0.318 e. The van der Waals surface area contributed by atoms with Gasteiger partial charge in [-0.25, -0.2) is 4.98 Å². The molecule has 4 rings (SSSR count). The predicted molar refractivity (Wildman–Crippen MR) is 100 cm³/mol. The number of aryl methyl sites for hydroxylation is 1. The molecule has 0 fully saturated rings. The molecule has 0 saturated heterocycles. The van der Waals surface area contributed by atoms with Crippen molar-refractivity contribution in [1.29, 1.82) is 0 Å². The Balaban J connectivity index is 1.85. The van der Waals surface area contributed by atoms with Crippen molar-refractivity contribution in [2.24, 2.45) is 12.0 Å². The van der Waals surface area contributed by atoms with E-state index in [-0.39, 0.29) is 5.91 Å². The molecule has 0 N–H and O–H groups in total. The minimum absolute atomic E-state index is 0.361. The predicted octanol–water partition coefficient (Wildman–Crippen LogP) is 4.90. The second-order valence-electron chi connectivity index (χ2n) is 5.06. The highest BCUT2D eigenvalue weighted by molar-refractivity contribution is 7.20. The number of amides is 1. The van der Waals surface area contributed by atoms with Crippen LogP contribution in [0.1, 0.15) is 9.80 Å². The highest BCUT2D eigenvalue weighted by Crippen LogP contribution is 2.31. The molecule has 120 valence electrons. The number of rotatable bonds is 1. The summed E-state index contributed by atoms with van der Waals surface area (Å²) in [5.41, 5.74) is 1.57. The standard InChI is InChI=1S/C16H9Cl2N3OS2/c1-21-13-11(7-6-8(17)12(13)18)24-16(21)20-14(22)15-19-9-4-2-3-5-10(9)23-15/h2-7H,1H3. The first-order valence-corrected chi connectivity index (χ1v) is 9.31. The molecule has 0 bridgehead atoms. The van der Waals surface area contributed by atoms with Gasteiger partial charge in [0.1, 0.15) is 0 Å². The molecule has 0 aliphatic rings. The van der Waals surface area contributed by atoms with Crippen LogP contribution in [0, 0.1) is 0 Å². The van der Waals surface area contributed by atoms with Gasteiger partial charge in [0.15, 0.2) is 9.81 Å². The maximum atomic E-state index is 12.5. The van der Waals surface area contributed by atoms with Crippen LogP contribution in [-0.2, 0) is 7.05 Å². The lowest BCUT2D eigenvalue weighted by Crippen LogP contribution is -2.13. The average Bonchev–Trinajstić information content (AvgIpc) is 3.13. The van der Waals surface area contributed by atoms with Crippen LogP contribution in [0.2, 0.25) is 10.0 Å². The van der Waals surface area contributed by atoms with E-state index in [0.717, 1.165) is 20.4 Å². The fraction of sp³-hybridized carbons (Fsp3) is 0.0625. The van der Waals surface area contributed by atoms with Gasteiger partial charge >= 0.3 is 5.91 Å². The van der Waals surface area contributed by atoms with E-state index in [4.69, 9.17) is 23.2 Å². The van der Waals surface area contributed by atoms with E-state index < -0.39 is 0 Å². The third-order valence-corrected chi connectivity index (χ3v) is 6.45.